The summed E-state index contributed by atoms with van der Waals surface area (Å²) in [5.41, 5.74) is 0.966. The van der Waals surface area contributed by atoms with Crippen LogP contribution in [0.4, 0.5) is 0 Å². The van der Waals surface area contributed by atoms with Crippen LogP contribution in [0.1, 0.15) is 17.0 Å². The zero-order valence-corrected chi connectivity index (χ0v) is 12.8. The molecule has 0 fully saturated rings. The molecule has 0 aliphatic heterocycles. The van der Waals surface area contributed by atoms with Gasteiger partial charge in [-0.15, -0.1) is 0 Å². The smallest absolute Gasteiger partial charge is 0.123 e. The molecule has 1 unspecified atom stereocenters. The van der Waals surface area contributed by atoms with Crippen molar-refractivity contribution in [2.75, 3.05) is 0 Å². The van der Waals surface area contributed by atoms with Crippen LogP contribution in [0.2, 0.25) is 0 Å². The Balaban J connectivity index is 2.56. The molecule has 5 heteroatoms. The van der Waals surface area contributed by atoms with E-state index < -0.39 is 5.92 Å². The molecule has 0 heterocycles. The van der Waals surface area contributed by atoms with Gasteiger partial charge in [0, 0.05) is 11.6 Å². The highest BCUT2D eigenvalue weighted by Gasteiger charge is 2.22. The van der Waals surface area contributed by atoms with Gasteiger partial charge < -0.3 is 25.5 Å². The predicted octanol–water partition coefficient (Wildman–Crippen LogP) is 4.01. The van der Waals surface area contributed by atoms with E-state index in [9.17, 15) is 25.5 Å². The third-order valence-corrected chi connectivity index (χ3v) is 3.48. The largest absolute Gasteiger partial charge is 0.511 e. The molecule has 1 atom stereocenters. The fraction of sp³-hybridized carbons (Fsp3) is 0.0526. The van der Waals surface area contributed by atoms with Crippen molar-refractivity contribution in [3.05, 3.63) is 89.9 Å². The Morgan fingerprint density at radius 2 is 1.50 bits per heavy atom. The van der Waals surface area contributed by atoms with E-state index in [1.807, 2.05) is 0 Å². The molecule has 0 aliphatic rings. The molecule has 0 spiro atoms. The van der Waals surface area contributed by atoms with Gasteiger partial charge in [-0.05, 0) is 42.0 Å². The minimum atomic E-state index is -0.750. The zero-order chi connectivity index (χ0) is 17.7. The quantitative estimate of drug-likeness (QED) is 0.422. The van der Waals surface area contributed by atoms with Crippen molar-refractivity contribution >= 4 is 0 Å². The number of rotatable bonds is 5. The van der Waals surface area contributed by atoms with Gasteiger partial charge in [-0.25, -0.2) is 0 Å². The normalized spacial score (nSPS) is 13.5. The second kappa shape index (κ2) is 7.28. The maximum absolute atomic E-state index is 10.5. The molecule has 0 bridgehead atoms. The zero-order valence-electron chi connectivity index (χ0n) is 12.8. The van der Waals surface area contributed by atoms with E-state index in [1.54, 1.807) is 12.1 Å². The van der Waals surface area contributed by atoms with Gasteiger partial charge in [0.25, 0.3) is 0 Å². The summed E-state index contributed by atoms with van der Waals surface area (Å²) >= 11 is 0. The van der Waals surface area contributed by atoms with Crippen LogP contribution < -0.4 is 0 Å². The number of aliphatic hydroxyl groups is 2. The second-order valence-corrected chi connectivity index (χ2v) is 5.15. The molecule has 24 heavy (non-hydrogen) atoms. The lowest BCUT2D eigenvalue weighted by Crippen LogP contribution is -2.05. The highest BCUT2D eigenvalue weighted by Crippen LogP contribution is 2.37. The summed E-state index contributed by atoms with van der Waals surface area (Å²) in [7, 11) is 0. The molecular formula is C19H18O5. The molecule has 5 N–H and O–H groups in total. The summed E-state index contributed by atoms with van der Waals surface area (Å²) in [6, 6.07) is 10.2. The van der Waals surface area contributed by atoms with Crippen LogP contribution >= 0.6 is 0 Å². The van der Waals surface area contributed by atoms with Gasteiger partial charge in [0.2, 0.25) is 0 Å². The number of phenolic OH excluding ortho intramolecular Hbond substituents is 3. The molecule has 0 radical (unpaired) electrons. The van der Waals surface area contributed by atoms with Crippen molar-refractivity contribution in [2.24, 2.45) is 0 Å². The molecule has 0 saturated heterocycles. The highest BCUT2D eigenvalue weighted by atomic mass is 16.3. The molecule has 0 amide bonds. The van der Waals surface area contributed by atoms with Crippen LogP contribution in [0.15, 0.2) is 78.8 Å². The molecule has 5 nitrogen and oxygen atoms in total. The van der Waals surface area contributed by atoms with E-state index in [0.717, 1.165) is 0 Å². The summed E-state index contributed by atoms with van der Waals surface area (Å²) in [5.74, 6) is -1.24. The molecule has 0 saturated carbocycles. The Morgan fingerprint density at radius 1 is 0.875 bits per heavy atom. The minimum absolute atomic E-state index is 0.0695. The molecule has 2 aromatic carbocycles. The standard InChI is InChI=1S/C19H18O5/c1-2-13(20)8-10-17(23)19(12-3-5-14(21)6-4-12)16-9-7-15(22)11-18(16)24/h2-11,19-24H,1H2/b13-8+,17-10-. The Bertz CT molecular complexity index is 788. The number of aliphatic hydroxyl groups excluding tert-OH is 2. The first-order chi connectivity index (χ1) is 11.4. The molecule has 0 aliphatic carbocycles. The van der Waals surface area contributed by atoms with Gasteiger partial charge in [-0.2, -0.15) is 0 Å². The van der Waals surface area contributed by atoms with Crippen molar-refractivity contribution < 1.29 is 25.5 Å². The van der Waals surface area contributed by atoms with Crippen LogP contribution in [0.5, 0.6) is 17.2 Å². The average Bonchev–Trinajstić information content (AvgIpc) is 2.56. The second-order valence-electron chi connectivity index (χ2n) is 5.15. The fourth-order valence-electron chi connectivity index (χ4n) is 2.29. The van der Waals surface area contributed by atoms with Crippen molar-refractivity contribution in [3.8, 4) is 17.2 Å². The van der Waals surface area contributed by atoms with Crippen LogP contribution in [-0.4, -0.2) is 25.5 Å². The van der Waals surface area contributed by atoms with Crippen molar-refractivity contribution in [3.63, 3.8) is 0 Å². The lowest BCUT2D eigenvalue weighted by molar-refractivity contribution is 0.374. The SMILES string of the molecule is C=C/C(O)=C\C=C(/O)C(c1ccc(O)cc1)c1ccc(O)cc1O. The number of allylic oxidation sites excluding steroid dienone is 4. The maximum atomic E-state index is 10.5. The van der Waals surface area contributed by atoms with Gasteiger partial charge in [0.1, 0.15) is 28.8 Å². The van der Waals surface area contributed by atoms with Crippen molar-refractivity contribution in [2.45, 2.75) is 5.92 Å². The Morgan fingerprint density at radius 3 is 2.08 bits per heavy atom. The number of aromatic hydroxyl groups is 3. The van der Waals surface area contributed by atoms with Gasteiger partial charge in [-0.3, -0.25) is 0 Å². The van der Waals surface area contributed by atoms with Gasteiger partial charge in [-0.1, -0.05) is 24.8 Å². The van der Waals surface area contributed by atoms with Crippen LogP contribution in [0.25, 0.3) is 0 Å². The van der Waals surface area contributed by atoms with E-state index in [2.05, 4.69) is 6.58 Å². The molecular weight excluding hydrogens is 308 g/mol. The molecule has 0 aromatic heterocycles. The highest BCUT2D eigenvalue weighted by molar-refractivity contribution is 5.49. The Labute approximate surface area is 139 Å². The third-order valence-electron chi connectivity index (χ3n) is 3.48. The molecule has 2 aromatic rings. The number of hydrogen-bond acceptors (Lipinski definition) is 5. The average molecular weight is 326 g/mol. The minimum Gasteiger partial charge on any atom is -0.511 e. The molecule has 124 valence electrons. The Kier molecular flexibility index (Phi) is 5.16. The predicted molar refractivity (Wildman–Crippen MR) is 91.3 cm³/mol. The fourth-order valence-corrected chi connectivity index (χ4v) is 2.29. The van der Waals surface area contributed by atoms with Gasteiger partial charge in [0.15, 0.2) is 0 Å². The van der Waals surface area contributed by atoms with Crippen LogP contribution in [0.3, 0.4) is 0 Å². The van der Waals surface area contributed by atoms with E-state index >= 15 is 0 Å². The monoisotopic (exact) mass is 326 g/mol. The van der Waals surface area contributed by atoms with E-state index in [4.69, 9.17) is 0 Å². The molecule has 2 rings (SSSR count). The third kappa shape index (κ3) is 3.89. The van der Waals surface area contributed by atoms with Crippen LogP contribution in [0, 0.1) is 0 Å². The Hall–Kier alpha value is -3.34. The first kappa shape index (κ1) is 17.0. The van der Waals surface area contributed by atoms with E-state index in [-0.39, 0.29) is 28.8 Å². The lowest BCUT2D eigenvalue weighted by Gasteiger charge is -2.19. The number of benzene rings is 2. The van der Waals surface area contributed by atoms with Crippen molar-refractivity contribution in [1.29, 1.82) is 0 Å². The summed E-state index contributed by atoms with van der Waals surface area (Å²) in [6.45, 7) is 3.41. The summed E-state index contributed by atoms with van der Waals surface area (Å²) < 4.78 is 0. The summed E-state index contributed by atoms with van der Waals surface area (Å²) in [4.78, 5) is 0. The van der Waals surface area contributed by atoms with Gasteiger partial charge >= 0.3 is 0 Å². The van der Waals surface area contributed by atoms with Crippen LogP contribution in [-0.2, 0) is 0 Å². The lowest BCUT2D eigenvalue weighted by atomic mass is 9.88. The van der Waals surface area contributed by atoms with Crippen molar-refractivity contribution in [1.82, 2.24) is 0 Å². The van der Waals surface area contributed by atoms with E-state index in [0.29, 0.717) is 11.1 Å². The topological polar surface area (TPSA) is 101 Å². The maximum Gasteiger partial charge on any atom is 0.123 e. The van der Waals surface area contributed by atoms with E-state index in [1.165, 1.54) is 48.6 Å². The number of phenols is 3. The summed E-state index contributed by atoms with van der Waals surface area (Å²) in [6.07, 6.45) is 3.78. The number of hydrogen-bond donors (Lipinski definition) is 5. The van der Waals surface area contributed by atoms with Gasteiger partial charge in [0.05, 0.1) is 5.92 Å². The summed E-state index contributed by atoms with van der Waals surface area (Å²) in [5, 5.41) is 48.9. The first-order valence-electron chi connectivity index (χ1n) is 7.15. The first-order valence-corrected chi connectivity index (χ1v) is 7.15.